The highest BCUT2D eigenvalue weighted by atomic mass is 16.5. The summed E-state index contributed by atoms with van der Waals surface area (Å²) in [6.07, 6.45) is 0.589. The van der Waals surface area contributed by atoms with Gasteiger partial charge in [0, 0.05) is 19.7 Å². The van der Waals surface area contributed by atoms with Gasteiger partial charge in [-0.25, -0.2) is 0 Å². The van der Waals surface area contributed by atoms with Gasteiger partial charge in [-0.15, -0.1) is 0 Å². The number of hydrogen-bond acceptors (Lipinski definition) is 4. The molecule has 1 aromatic rings. The molecule has 0 fully saturated rings. The van der Waals surface area contributed by atoms with Crippen LogP contribution in [0.3, 0.4) is 0 Å². The van der Waals surface area contributed by atoms with E-state index in [-0.39, 0.29) is 0 Å². The fourth-order valence-corrected chi connectivity index (χ4v) is 1.91. The summed E-state index contributed by atoms with van der Waals surface area (Å²) in [6, 6.07) is 5.46. The number of carbonyl (C=O) groups is 1. The van der Waals surface area contributed by atoms with Gasteiger partial charge < -0.3 is 19.5 Å². The van der Waals surface area contributed by atoms with Crippen LogP contribution in [-0.4, -0.2) is 38.9 Å². The van der Waals surface area contributed by atoms with Crippen LogP contribution in [-0.2, 0) is 4.79 Å². The van der Waals surface area contributed by atoms with Crippen molar-refractivity contribution in [2.45, 2.75) is 13.3 Å². The second-order valence-corrected chi connectivity index (χ2v) is 4.36. The average Bonchev–Trinajstić information content (AvgIpc) is 2.43. The van der Waals surface area contributed by atoms with Crippen molar-refractivity contribution in [3.8, 4) is 11.5 Å². The van der Waals surface area contributed by atoms with Crippen molar-refractivity contribution < 1.29 is 19.4 Å². The fraction of sp³-hybridized carbons (Fsp3) is 0.500. The smallest absolute Gasteiger partial charge is 0.308 e. The quantitative estimate of drug-likeness (QED) is 0.821. The molecule has 106 valence electrons. The standard InChI is InChI=1S/C14H21NO4/c1-5-10(14(16)17)9-15(2)12-8-11(18-3)6-7-13(12)19-4/h6-8,10H,5,9H2,1-4H3,(H,16,17). The molecule has 1 N–H and O–H groups in total. The molecule has 1 aromatic carbocycles. The molecule has 1 atom stereocenters. The van der Waals surface area contributed by atoms with Gasteiger partial charge >= 0.3 is 5.97 Å². The van der Waals surface area contributed by atoms with Crippen LogP contribution in [0.5, 0.6) is 11.5 Å². The third-order valence-corrected chi connectivity index (χ3v) is 3.13. The molecule has 0 bridgehead atoms. The maximum absolute atomic E-state index is 11.1. The summed E-state index contributed by atoms with van der Waals surface area (Å²) in [4.78, 5) is 13.0. The lowest BCUT2D eigenvalue weighted by molar-refractivity contribution is -0.141. The Balaban J connectivity index is 2.96. The van der Waals surface area contributed by atoms with E-state index in [0.717, 1.165) is 5.69 Å². The van der Waals surface area contributed by atoms with E-state index in [4.69, 9.17) is 14.6 Å². The van der Waals surface area contributed by atoms with E-state index < -0.39 is 11.9 Å². The predicted molar refractivity (Wildman–Crippen MR) is 74.2 cm³/mol. The zero-order chi connectivity index (χ0) is 14.4. The minimum Gasteiger partial charge on any atom is -0.497 e. The molecule has 1 unspecified atom stereocenters. The number of ether oxygens (including phenoxy) is 2. The van der Waals surface area contributed by atoms with Crippen LogP contribution in [0.25, 0.3) is 0 Å². The Morgan fingerprint density at radius 1 is 1.37 bits per heavy atom. The molecule has 5 heteroatoms. The maximum atomic E-state index is 11.1. The molecule has 0 saturated heterocycles. The van der Waals surface area contributed by atoms with Crippen molar-refractivity contribution in [2.24, 2.45) is 5.92 Å². The van der Waals surface area contributed by atoms with Gasteiger partial charge in [0.05, 0.1) is 25.8 Å². The molecule has 0 radical (unpaired) electrons. The number of aliphatic carboxylic acids is 1. The lowest BCUT2D eigenvalue weighted by Crippen LogP contribution is -2.30. The highest BCUT2D eigenvalue weighted by Crippen LogP contribution is 2.32. The number of rotatable bonds is 7. The topological polar surface area (TPSA) is 59.0 Å². The van der Waals surface area contributed by atoms with Gasteiger partial charge in [-0.05, 0) is 18.6 Å². The summed E-state index contributed by atoms with van der Waals surface area (Å²) in [5.74, 6) is 0.228. The SMILES string of the molecule is CCC(CN(C)c1cc(OC)ccc1OC)C(=O)O. The molecule has 5 nitrogen and oxygen atoms in total. The predicted octanol–water partition coefficient (Wildman–Crippen LogP) is 2.25. The molecule has 19 heavy (non-hydrogen) atoms. The number of benzene rings is 1. The van der Waals surface area contributed by atoms with Gasteiger partial charge in [-0.1, -0.05) is 6.92 Å². The fourth-order valence-electron chi connectivity index (χ4n) is 1.91. The second-order valence-electron chi connectivity index (χ2n) is 4.36. The number of carboxylic acid groups (broad SMARTS) is 1. The van der Waals surface area contributed by atoms with E-state index in [2.05, 4.69) is 0 Å². The molecule has 0 saturated carbocycles. The van der Waals surface area contributed by atoms with E-state index >= 15 is 0 Å². The van der Waals surface area contributed by atoms with Crippen molar-refractivity contribution in [3.63, 3.8) is 0 Å². The summed E-state index contributed by atoms with van der Waals surface area (Å²) in [7, 11) is 5.04. The van der Waals surface area contributed by atoms with Crippen LogP contribution in [0.4, 0.5) is 5.69 Å². The maximum Gasteiger partial charge on any atom is 0.308 e. The van der Waals surface area contributed by atoms with E-state index in [1.807, 2.05) is 37.1 Å². The van der Waals surface area contributed by atoms with Crippen LogP contribution in [0.15, 0.2) is 18.2 Å². The first-order valence-corrected chi connectivity index (χ1v) is 6.19. The Labute approximate surface area is 113 Å². The van der Waals surface area contributed by atoms with Crippen molar-refractivity contribution in [1.82, 2.24) is 0 Å². The van der Waals surface area contributed by atoms with Gasteiger partial charge in [0.25, 0.3) is 0 Å². The minimum atomic E-state index is -0.781. The largest absolute Gasteiger partial charge is 0.497 e. The molecule has 0 aliphatic heterocycles. The molecule has 1 rings (SSSR count). The van der Waals surface area contributed by atoms with Crippen molar-refractivity contribution >= 4 is 11.7 Å². The first-order chi connectivity index (χ1) is 9.03. The lowest BCUT2D eigenvalue weighted by atomic mass is 10.1. The Morgan fingerprint density at radius 3 is 2.53 bits per heavy atom. The normalized spacial score (nSPS) is 11.8. The van der Waals surface area contributed by atoms with E-state index in [9.17, 15) is 4.79 Å². The molecule has 0 aliphatic rings. The molecule has 0 spiro atoms. The minimum absolute atomic E-state index is 0.402. The number of carboxylic acids is 1. The Hall–Kier alpha value is -1.91. The molecule has 0 aliphatic carbocycles. The summed E-state index contributed by atoms with van der Waals surface area (Å²) in [6.45, 7) is 2.30. The molecule has 0 amide bonds. The zero-order valence-corrected chi connectivity index (χ0v) is 11.8. The first kappa shape index (κ1) is 15.1. The highest BCUT2D eigenvalue weighted by Gasteiger charge is 2.19. The van der Waals surface area contributed by atoms with Crippen LogP contribution >= 0.6 is 0 Å². The summed E-state index contributed by atoms with van der Waals surface area (Å²) in [5.41, 5.74) is 0.821. The third-order valence-electron chi connectivity index (χ3n) is 3.13. The van der Waals surface area contributed by atoms with Crippen LogP contribution in [0.1, 0.15) is 13.3 Å². The number of hydrogen-bond donors (Lipinski definition) is 1. The summed E-state index contributed by atoms with van der Waals surface area (Å²) < 4.78 is 10.5. The molecular formula is C14H21NO4. The van der Waals surface area contributed by atoms with Crippen LogP contribution in [0.2, 0.25) is 0 Å². The van der Waals surface area contributed by atoms with Gasteiger partial charge in [0.1, 0.15) is 11.5 Å². The molecule has 0 heterocycles. The average molecular weight is 267 g/mol. The monoisotopic (exact) mass is 267 g/mol. The van der Waals surface area contributed by atoms with Gasteiger partial charge in [0.15, 0.2) is 0 Å². The Kier molecular flexibility index (Phi) is 5.48. The van der Waals surface area contributed by atoms with E-state index in [1.165, 1.54) is 0 Å². The van der Waals surface area contributed by atoms with Gasteiger partial charge in [0.2, 0.25) is 0 Å². The summed E-state index contributed by atoms with van der Waals surface area (Å²) in [5, 5.41) is 9.11. The number of nitrogens with zero attached hydrogens (tertiary/aromatic N) is 1. The number of anilines is 1. The molecular weight excluding hydrogens is 246 g/mol. The van der Waals surface area contributed by atoms with E-state index in [1.54, 1.807) is 14.2 Å². The lowest BCUT2D eigenvalue weighted by Gasteiger charge is -2.25. The van der Waals surface area contributed by atoms with Crippen molar-refractivity contribution in [2.75, 3.05) is 32.7 Å². The van der Waals surface area contributed by atoms with E-state index in [0.29, 0.717) is 24.5 Å². The number of methoxy groups -OCH3 is 2. The zero-order valence-electron chi connectivity index (χ0n) is 11.8. The Morgan fingerprint density at radius 2 is 2.05 bits per heavy atom. The van der Waals surface area contributed by atoms with Crippen molar-refractivity contribution in [3.05, 3.63) is 18.2 Å². The van der Waals surface area contributed by atoms with Crippen molar-refractivity contribution in [1.29, 1.82) is 0 Å². The third kappa shape index (κ3) is 3.77. The summed E-state index contributed by atoms with van der Waals surface area (Å²) >= 11 is 0. The van der Waals surface area contributed by atoms with Crippen LogP contribution < -0.4 is 14.4 Å². The molecule has 0 aromatic heterocycles. The Bertz CT molecular complexity index is 433. The first-order valence-electron chi connectivity index (χ1n) is 6.19. The van der Waals surface area contributed by atoms with Crippen LogP contribution in [0, 0.1) is 5.92 Å². The second kappa shape index (κ2) is 6.87. The van der Waals surface area contributed by atoms with Gasteiger partial charge in [-0.2, -0.15) is 0 Å². The van der Waals surface area contributed by atoms with Gasteiger partial charge in [-0.3, -0.25) is 4.79 Å². The highest BCUT2D eigenvalue weighted by molar-refractivity contribution is 5.71.